The quantitative estimate of drug-likeness (QED) is 0.612. The number of allylic oxidation sites excluding steroid dienone is 1. The minimum Gasteiger partial charge on any atom is -0.278 e. The predicted molar refractivity (Wildman–Crippen MR) is 57.0 cm³/mol. The van der Waals surface area contributed by atoms with Gasteiger partial charge < -0.3 is 0 Å². The zero-order valence-corrected chi connectivity index (χ0v) is 9.17. The summed E-state index contributed by atoms with van der Waals surface area (Å²) < 4.78 is 0. The summed E-state index contributed by atoms with van der Waals surface area (Å²) in [7, 11) is 1.55. The van der Waals surface area contributed by atoms with Gasteiger partial charge in [0.2, 0.25) is 0 Å². The molecule has 1 aliphatic carbocycles. The molecule has 0 aromatic carbocycles. The molecule has 0 aromatic heterocycles. The molecule has 0 saturated heterocycles. The highest BCUT2D eigenvalue weighted by Gasteiger charge is 2.34. The molecule has 1 heterocycles. The van der Waals surface area contributed by atoms with Crippen molar-refractivity contribution in [3.63, 3.8) is 0 Å². The Labute approximate surface area is 89.4 Å². The molecule has 0 fully saturated rings. The highest BCUT2D eigenvalue weighted by molar-refractivity contribution is 6.20. The average Bonchev–Trinajstić information content (AvgIpc) is 2.45. The summed E-state index contributed by atoms with van der Waals surface area (Å²) in [5.74, 6) is -0.285. The van der Waals surface area contributed by atoms with Crippen molar-refractivity contribution in [2.24, 2.45) is 0 Å². The number of amides is 2. The second-order valence-electron chi connectivity index (χ2n) is 4.14. The van der Waals surface area contributed by atoms with Crippen molar-refractivity contribution in [1.29, 1.82) is 0 Å². The molecule has 0 N–H and O–H groups in total. The lowest BCUT2D eigenvalue weighted by Crippen LogP contribution is -2.27. The molecule has 0 radical (unpaired) electrons. The zero-order valence-electron chi connectivity index (χ0n) is 9.17. The fourth-order valence-electron chi connectivity index (χ4n) is 2.22. The van der Waals surface area contributed by atoms with Crippen LogP contribution in [0.3, 0.4) is 0 Å². The van der Waals surface area contributed by atoms with Crippen molar-refractivity contribution >= 4 is 11.8 Å². The third-order valence-corrected chi connectivity index (χ3v) is 3.13. The van der Waals surface area contributed by atoms with Crippen molar-refractivity contribution in [1.82, 2.24) is 4.90 Å². The van der Waals surface area contributed by atoms with Crippen LogP contribution in [-0.2, 0) is 9.59 Å². The minimum absolute atomic E-state index is 0.134. The van der Waals surface area contributed by atoms with E-state index in [1.165, 1.54) is 11.3 Å². The van der Waals surface area contributed by atoms with Crippen LogP contribution in [0.1, 0.15) is 32.6 Å². The average molecular weight is 205 g/mol. The summed E-state index contributed by atoms with van der Waals surface area (Å²) in [6.07, 6.45) is 6.37. The van der Waals surface area contributed by atoms with Crippen LogP contribution in [0.25, 0.3) is 0 Å². The molecule has 0 bridgehead atoms. The van der Waals surface area contributed by atoms with Crippen LogP contribution in [0.4, 0.5) is 0 Å². The second kappa shape index (κ2) is 3.65. The van der Waals surface area contributed by atoms with E-state index in [9.17, 15) is 9.59 Å². The summed E-state index contributed by atoms with van der Waals surface area (Å²) in [6, 6.07) is 0. The molecule has 15 heavy (non-hydrogen) atoms. The van der Waals surface area contributed by atoms with Gasteiger partial charge in [-0.25, -0.2) is 0 Å². The Morgan fingerprint density at radius 2 is 1.93 bits per heavy atom. The van der Waals surface area contributed by atoms with Gasteiger partial charge in [0, 0.05) is 12.6 Å². The SMILES string of the molecule is CC1=C(C2=CCCCC2)C(=O)N(C)C1=O. The molecule has 2 aliphatic rings. The van der Waals surface area contributed by atoms with Gasteiger partial charge in [0.15, 0.2) is 0 Å². The van der Waals surface area contributed by atoms with Crippen molar-refractivity contribution in [2.45, 2.75) is 32.6 Å². The Hall–Kier alpha value is -1.38. The molecular weight excluding hydrogens is 190 g/mol. The zero-order chi connectivity index (χ0) is 11.0. The van der Waals surface area contributed by atoms with Gasteiger partial charge in [-0.05, 0) is 38.2 Å². The number of hydrogen-bond donors (Lipinski definition) is 0. The smallest absolute Gasteiger partial charge is 0.261 e. The third-order valence-electron chi connectivity index (χ3n) is 3.13. The van der Waals surface area contributed by atoms with Crippen molar-refractivity contribution in [3.8, 4) is 0 Å². The Morgan fingerprint density at radius 3 is 2.40 bits per heavy atom. The molecule has 80 valence electrons. The van der Waals surface area contributed by atoms with Crippen LogP contribution < -0.4 is 0 Å². The number of hydrogen-bond acceptors (Lipinski definition) is 2. The largest absolute Gasteiger partial charge is 0.278 e. The number of likely N-dealkylation sites (N-methyl/N-ethyl adjacent to an activating group) is 1. The van der Waals surface area contributed by atoms with E-state index in [4.69, 9.17) is 0 Å². The molecule has 1 aliphatic heterocycles. The maximum Gasteiger partial charge on any atom is 0.261 e. The molecule has 0 saturated carbocycles. The molecule has 3 heteroatoms. The van der Waals surface area contributed by atoms with Crippen LogP contribution in [0, 0.1) is 0 Å². The molecular formula is C12H15NO2. The van der Waals surface area contributed by atoms with Crippen molar-refractivity contribution in [2.75, 3.05) is 7.05 Å². The van der Waals surface area contributed by atoms with Crippen molar-refractivity contribution in [3.05, 3.63) is 22.8 Å². The van der Waals surface area contributed by atoms with E-state index in [0.717, 1.165) is 24.8 Å². The Balaban J connectivity index is 2.39. The molecule has 0 aromatic rings. The van der Waals surface area contributed by atoms with E-state index in [1.54, 1.807) is 14.0 Å². The van der Waals surface area contributed by atoms with E-state index < -0.39 is 0 Å². The van der Waals surface area contributed by atoms with E-state index in [-0.39, 0.29) is 11.8 Å². The first-order valence-electron chi connectivity index (χ1n) is 5.35. The summed E-state index contributed by atoms with van der Waals surface area (Å²) in [6.45, 7) is 1.74. The summed E-state index contributed by atoms with van der Waals surface area (Å²) >= 11 is 0. The predicted octanol–water partition coefficient (Wildman–Crippen LogP) is 1.80. The van der Waals surface area contributed by atoms with Crippen molar-refractivity contribution < 1.29 is 9.59 Å². The Bertz CT molecular complexity index is 390. The Kier molecular flexibility index (Phi) is 2.47. The van der Waals surface area contributed by atoms with Gasteiger partial charge in [-0.3, -0.25) is 14.5 Å². The van der Waals surface area contributed by atoms with Crippen LogP contribution in [-0.4, -0.2) is 23.8 Å². The summed E-state index contributed by atoms with van der Waals surface area (Å²) in [5, 5.41) is 0. The first-order valence-corrected chi connectivity index (χ1v) is 5.35. The summed E-state index contributed by atoms with van der Waals surface area (Å²) in [5.41, 5.74) is 2.33. The number of carbonyl (C=O) groups excluding carboxylic acids is 2. The lowest BCUT2D eigenvalue weighted by molar-refractivity contribution is -0.135. The fraction of sp³-hybridized carbons (Fsp3) is 0.500. The minimum atomic E-state index is -0.151. The standard InChI is InChI=1S/C12H15NO2/c1-8-10(9-6-4-3-5-7-9)12(15)13(2)11(8)14/h6H,3-5,7H2,1-2H3. The molecule has 0 spiro atoms. The lowest BCUT2D eigenvalue weighted by atomic mass is 9.92. The first kappa shape index (κ1) is 10.1. The molecule has 0 atom stereocenters. The number of carbonyl (C=O) groups is 2. The van der Waals surface area contributed by atoms with Gasteiger partial charge in [-0.2, -0.15) is 0 Å². The number of nitrogens with zero attached hydrogens (tertiary/aromatic N) is 1. The van der Waals surface area contributed by atoms with E-state index in [1.807, 2.05) is 0 Å². The lowest BCUT2D eigenvalue weighted by Gasteiger charge is -2.13. The fourth-order valence-corrected chi connectivity index (χ4v) is 2.22. The normalized spacial score (nSPS) is 22.5. The van der Waals surface area contributed by atoms with Gasteiger partial charge >= 0.3 is 0 Å². The number of rotatable bonds is 1. The Morgan fingerprint density at radius 1 is 1.20 bits per heavy atom. The molecule has 3 nitrogen and oxygen atoms in total. The van der Waals surface area contributed by atoms with Gasteiger partial charge in [-0.15, -0.1) is 0 Å². The van der Waals surface area contributed by atoms with Gasteiger partial charge in [-0.1, -0.05) is 6.08 Å². The third kappa shape index (κ3) is 1.52. The monoisotopic (exact) mass is 205 g/mol. The van der Waals surface area contributed by atoms with Gasteiger partial charge in [0.25, 0.3) is 11.8 Å². The molecule has 2 amide bonds. The van der Waals surface area contributed by atoms with E-state index in [0.29, 0.717) is 11.1 Å². The van der Waals surface area contributed by atoms with Crippen LogP contribution in [0.2, 0.25) is 0 Å². The maximum absolute atomic E-state index is 11.8. The highest BCUT2D eigenvalue weighted by Crippen LogP contribution is 2.31. The summed E-state index contributed by atoms with van der Waals surface area (Å²) in [4.78, 5) is 24.6. The topological polar surface area (TPSA) is 37.4 Å². The van der Waals surface area contributed by atoms with Crippen LogP contribution in [0.5, 0.6) is 0 Å². The van der Waals surface area contributed by atoms with Gasteiger partial charge in [0.05, 0.1) is 5.57 Å². The van der Waals surface area contributed by atoms with Gasteiger partial charge in [0.1, 0.15) is 0 Å². The first-order chi connectivity index (χ1) is 7.13. The number of imide groups is 1. The molecule has 0 unspecified atom stereocenters. The highest BCUT2D eigenvalue weighted by atomic mass is 16.2. The maximum atomic E-state index is 11.8. The second-order valence-corrected chi connectivity index (χ2v) is 4.14. The van der Waals surface area contributed by atoms with Crippen LogP contribution >= 0.6 is 0 Å². The molecule has 2 rings (SSSR count). The van der Waals surface area contributed by atoms with Crippen LogP contribution in [0.15, 0.2) is 22.8 Å². The van der Waals surface area contributed by atoms with E-state index in [2.05, 4.69) is 6.08 Å². The van der Waals surface area contributed by atoms with E-state index >= 15 is 0 Å².